The molecule has 1 heterocycles. The standard InChI is InChI=1S/C12H11NO4/c1-6-3-7(2)11(9(14)4-6)8-5-10(12(15)16)17-13-8/h3-5,14H,1-2H3,(H,15,16). The van der Waals surface area contributed by atoms with Crippen LogP contribution in [0.5, 0.6) is 5.75 Å². The van der Waals surface area contributed by atoms with E-state index < -0.39 is 5.97 Å². The summed E-state index contributed by atoms with van der Waals surface area (Å²) in [5.74, 6) is -1.37. The molecule has 5 heteroatoms. The van der Waals surface area contributed by atoms with Crippen LogP contribution in [0.4, 0.5) is 0 Å². The predicted molar refractivity (Wildman–Crippen MR) is 60.0 cm³/mol. The van der Waals surface area contributed by atoms with Gasteiger partial charge in [0.05, 0.1) is 0 Å². The zero-order chi connectivity index (χ0) is 12.6. The molecule has 0 radical (unpaired) electrons. The number of phenols is 1. The van der Waals surface area contributed by atoms with Crippen LogP contribution in [0.3, 0.4) is 0 Å². The second-order valence-corrected chi connectivity index (χ2v) is 3.86. The Hall–Kier alpha value is -2.30. The fraction of sp³-hybridized carbons (Fsp3) is 0.167. The second-order valence-electron chi connectivity index (χ2n) is 3.86. The van der Waals surface area contributed by atoms with Crippen molar-refractivity contribution < 1.29 is 19.5 Å². The summed E-state index contributed by atoms with van der Waals surface area (Å²) in [6, 6.07) is 4.77. The van der Waals surface area contributed by atoms with Gasteiger partial charge in [-0.2, -0.15) is 0 Å². The second kappa shape index (κ2) is 3.93. The Morgan fingerprint density at radius 2 is 2.00 bits per heavy atom. The number of aromatic hydroxyl groups is 1. The lowest BCUT2D eigenvalue weighted by atomic mass is 10.0. The van der Waals surface area contributed by atoms with Gasteiger partial charge >= 0.3 is 5.97 Å². The largest absolute Gasteiger partial charge is 0.507 e. The van der Waals surface area contributed by atoms with Crippen LogP contribution in [0.2, 0.25) is 0 Å². The van der Waals surface area contributed by atoms with Gasteiger partial charge in [0.2, 0.25) is 5.76 Å². The molecule has 0 unspecified atom stereocenters. The summed E-state index contributed by atoms with van der Waals surface area (Å²) in [7, 11) is 0. The van der Waals surface area contributed by atoms with Crippen molar-refractivity contribution in [2.24, 2.45) is 0 Å². The molecule has 0 bridgehead atoms. The minimum Gasteiger partial charge on any atom is -0.507 e. The van der Waals surface area contributed by atoms with Gasteiger partial charge in [-0.3, -0.25) is 0 Å². The number of benzene rings is 1. The number of phenolic OH excluding ortho intramolecular Hbond substituents is 1. The molecule has 17 heavy (non-hydrogen) atoms. The molecule has 88 valence electrons. The van der Waals surface area contributed by atoms with Crippen LogP contribution in [0.15, 0.2) is 22.7 Å². The molecule has 0 saturated heterocycles. The lowest BCUT2D eigenvalue weighted by Crippen LogP contribution is -1.91. The molecule has 5 nitrogen and oxygen atoms in total. The molecule has 1 aromatic carbocycles. The number of carboxylic acids is 1. The quantitative estimate of drug-likeness (QED) is 0.831. The molecule has 2 rings (SSSR count). The number of aryl methyl sites for hydroxylation is 2. The van der Waals surface area contributed by atoms with Gasteiger partial charge in [-0.15, -0.1) is 0 Å². The summed E-state index contributed by atoms with van der Waals surface area (Å²) < 4.78 is 4.66. The van der Waals surface area contributed by atoms with Gasteiger partial charge in [0.25, 0.3) is 0 Å². The maximum absolute atomic E-state index is 10.7. The fourth-order valence-electron chi connectivity index (χ4n) is 1.77. The third-order valence-corrected chi connectivity index (χ3v) is 2.44. The van der Waals surface area contributed by atoms with Crippen LogP contribution >= 0.6 is 0 Å². The molecule has 0 aliphatic carbocycles. The number of hydrogen-bond donors (Lipinski definition) is 2. The van der Waals surface area contributed by atoms with Gasteiger partial charge in [0.15, 0.2) is 0 Å². The van der Waals surface area contributed by atoms with Gasteiger partial charge in [-0.05, 0) is 31.0 Å². The maximum Gasteiger partial charge on any atom is 0.374 e. The highest BCUT2D eigenvalue weighted by atomic mass is 16.5. The van der Waals surface area contributed by atoms with Crippen LogP contribution < -0.4 is 0 Å². The van der Waals surface area contributed by atoms with Crippen LogP contribution in [0, 0.1) is 13.8 Å². The summed E-state index contributed by atoms with van der Waals surface area (Å²) in [5, 5.41) is 22.2. The van der Waals surface area contributed by atoms with Gasteiger partial charge in [0, 0.05) is 11.6 Å². The molecular formula is C12H11NO4. The van der Waals surface area contributed by atoms with Crippen molar-refractivity contribution in [2.75, 3.05) is 0 Å². The van der Waals surface area contributed by atoms with Crippen molar-refractivity contribution in [3.05, 3.63) is 35.1 Å². The number of aromatic nitrogens is 1. The average molecular weight is 233 g/mol. The van der Waals surface area contributed by atoms with Crippen molar-refractivity contribution in [2.45, 2.75) is 13.8 Å². The molecule has 2 N–H and O–H groups in total. The van der Waals surface area contributed by atoms with E-state index in [1.807, 2.05) is 19.9 Å². The Balaban J connectivity index is 2.56. The van der Waals surface area contributed by atoms with E-state index in [1.165, 1.54) is 6.07 Å². The highest BCUT2D eigenvalue weighted by molar-refractivity contribution is 5.86. The number of carboxylic acid groups (broad SMARTS) is 1. The molecule has 0 aliphatic rings. The smallest absolute Gasteiger partial charge is 0.374 e. The number of hydrogen-bond acceptors (Lipinski definition) is 4. The average Bonchev–Trinajstić information content (AvgIpc) is 2.65. The summed E-state index contributed by atoms with van der Waals surface area (Å²) in [6.07, 6.45) is 0. The van der Waals surface area contributed by atoms with E-state index in [1.54, 1.807) is 6.07 Å². The van der Waals surface area contributed by atoms with E-state index in [4.69, 9.17) is 5.11 Å². The minimum atomic E-state index is -1.19. The van der Waals surface area contributed by atoms with Crippen molar-refractivity contribution in [3.8, 4) is 17.0 Å². The Kier molecular flexibility index (Phi) is 2.59. The highest BCUT2D eigenvalue weighted by Gasteiger charge is 2.16. The van der Waals surface area contributed by atoms with Crippen LogP contribution in [0.25, 0.3) is 11.3 Å². The first-order valence-electron chi connectivity index (χ1n) is 4.99. The van der Waals surface area contributed by atoms with Crippen molar-refractivity contribution in [1.29, 1.82) is 0 Å². The van der Waals surface area contributed by atoms with E-state index in [0.717, 1.165) is 11.1 Å². The number of rotatable bonds is 2. The SMILES string of the molecule is Cc1cc(C)c(-c2cc(C(=O)O)on2)c(O)c1. The number of aromatic carboxylic acids is 1. The summed E-state index contributed by atoms with van der Waals surface area (Å²) in [6.45, 7) is 3.68. The van der Waals surface area contributed by atoms with Crippen molar-refractivity contribution in [1.82, 2.24) is 5.16 Å². The third-order valence-electron chi connectivity index (χ3n) is 2.44. The molecular weight excluding hydrogens is 222 g/mol. The van der Waals surface area contributed by atoms with E-state index >= 15 is 0 Å². The van der Waals surface area contributed by atoms with Crippen LogP contribution in [-0.4, -0.2) is 21.3 Å². The Bertz CT molecular complexity index is 563. The maximum atomic E-state index is 10.7. The Morgan fingerprint density at radius 3 is 2.53 bits per heavy atom. The highest BCUT2D eigenvalue weighted by Crippen LogP contribution is 2.32. The predicted octanol–water partition coefficient (Wildman–Crippen LogP) is 2.36. The molecule has 0 saturated carbocycles. The van der Waals surface area contributed by atoms with Gasteiger partial charge < -0.3 is 14.7 Å². The Morgan fingerprint density at radius 1 is 1.29 bits per heavy atom. The zero-order valence-corrected chi connectivity index (χ0v) is 9.39. The Labute approximate surface area is 97.3 Å². The lowest BCUT2D eigenvalue weighted by molar-refractivity contribution is 0.0652. The molecule has 0 spiro atoms. The molecule has 1 aromatic heterocycles. The van der Waals surface area contributed by atoms with Crippen LogP contribution in [-0.2, 0) is 0 Å². The van der Waals surface area contributed by atoms with Crippen molar-refractivity contribution >= 4 is 5.97 Å². The van der Waals surface area contributed by atoms with Gasteiger partial charge in [0.1, 0.15) is 11.4 Å². The van der Waals surface area contributed by atoms with E-state index in [9.17, 15) is 9.90 Å². The topological polar surface area (TPSA) is 83.6 Å². The van der Waals surface area contributed by atoms with E-state index in [2.05, 4.69) is 9.68 Å². The summed E-state index contributed by atoms with van der Waals surface area (Å²) in [5.41, 5.74) is 2.54. The first-order chi connectivity index (χ1) is 7.99. The monoisotopic (exact) mass is 233 g/mol. The van der Waals surface area contributed by atoms with E-state index in [0.29, 0.717) is 11.3 Å². The molecule has 0 amide bonds. The fourth-order valence-corrected chi connectivity index (χ4v) is 1.77. The van der Waals surface area contributed by atoms with Gasteiger partial charge in [-0.1, -0.05) is 11.2 Å². The lowest BCUT2D eigenvalue weighted by Gasteiger charge is -2.06. The van der Waals surface area contributed by atoms with Crippen molar-refractivity contribution in [3.63, 3.8) is 0 Å². The number of carbonyl (C=O) groups is 1. The normalized spacial score (nSPS) is 10.5. The molecule has 0 aliphatic heterocycles. The van der Waals surface area contributed by atoms with Gasteiger partial charge in [-0.25, -0.2) is 4.79 Å². The first kappa shape index (κ1) is 11.2. The zero-order valence-electron chi connectivity index (χ0n) is 9.39. The molecule has 2 aromatic rings. The van der Waals surface area contributed by atoms with Crippen LogP contribution in [0.1, 0.15) is 21.7 Å². The third kappa shape index (κ3) is 1.99. The number of nitrogens with zero attached hydrogens (tertiary/aromatic N) is 1. The summed E-state index contributed by atoms with van der Waals surface area (Å²) >= 11 is 0. The first-order valence-corrected chi connectivity index (χ1v) is 4.99. The molecule has 0 fully saturated rings. The van der Waals surface area contributed by atoms with E-state index in [-0.39, 0.29) is 11.5 Å². The summed E-state index contributed by atoms with van der Waals surface area (Å²) in [4.78, 5) is 10.7. The molecule has 0 atom stereocenters. The minimum absolute atomic E-state index is 0.0627.